The van der Waals surface area contributed by atoms with Crippen molar-refractivity contribution in [1.82, 2.24) is 10.5 Å². The molecule has 1 saturated heterocycles. The van der Waals surface area contributed by atoms with Crippen LogP contribution in [0.25, 0.3) is 0 Å². The third kappa shape index (κ3) is 2.75. The van der Waals surface area contributed by atoms with E-state index in [1.165, 1.54) is 11.8 Å². The highest BCUT2D eigenvalue weighted by Gasteiger charge is 2.43. The molecule has 0 spiro atoms. The van der Waals surface area contributed by atoms with E-state index in [1.54, 1.807) is 13.8 Å². The van der Waals surface area contributed by atoms with Crippen LogP contribution in [0.2, 0.25) is 0 Å². The standard InChI is InChI=1S/C12H16N2O4S/c1-7-9(8(2)18-14-7)5-10(15)13-12(11(16)17)3-4-19-6-12/h3-6H2,1-2H3,(H,13,15)(H,16,17)/t12-/m1/s1. The Kier molecular flexibility index (Phi) is 3.84. The summed E-state index contributed by atoms with van der Waals surface area (Å²) in [5.41, 5.74) is 0.266. The number of hydrogen-bond donors (Lipinski definition) is 2. The number of nitrogens with one attached hydrogen (secondary N) is 1. The van der Waals surface area contributed by atoms with Crippen LogP contribution in [0.4, 0.5) is 0 Å². The van der Waals surface area contributed by atoms with E-state index in [9.17, 15) is 14.7 Å². The quantitative estimate of drug-likeness (QED) is 0.853. The molecule has 0 radical (unpaired) electrons. The normalized spacial score (nSPS) is 22.4. The van der Waals surface area contributed by atoms with Crippen LogP contribution in [0.1, 0.15) is 23.4 Å². The molecular weight excluding hydrogens is 268 g/mol. The first-order valence-electron chi connectivity index (χ1n) is 5.98. The first kappa shape index (κ1) is 13.9. The molecule has 104 valence electrons. The first-order chi connectivity index (χ1) is 8.94. The number of amides is 1. The number of carbonyl (C=O) groups excluding carboxylic acids is 1. The van der Waals surface area contributed by atoms with Crippen LogP contribution in [0.5, 0.6) is 0 Å². The predicted molar refractivity (Wildman–Crippen MR) is 70.1 cm³/mol. The van der Waals surface area contributed by atoms with Gasteiger partial charge in [0.05, 0.1) is 12.1 Å². The largest absolute Gasteiger partial charge is 0.479 e. The third-order valence-electron chi connectivity index (χ3n) is 3.33. The summed E-state index contributed by atoms with van der Waals surface area (Å²) in [5, 5.41) is 15.7. The zero-order valence-electron chi connectivity index (χ0n) is 10.9. The lowest BCUT2D eigenvalue weighted by Gasteiger charge is -2.24. The van der Waals surface area contributed by atoms with Gasteiger partial charge in [0.2, 0.25) is 5.91 Å². The fraction of sp³-hybridized carbons (Fsp3) is 0.583. The molecule has 1 atom stereocenters. The van der Waals surface area contributed by atoms with Crippen LogP contribution >= 0.6 is 11.8 Å². The van der Waals surface area contributed by atoms with Gasteiger partial charge in [-0.05, 0) is 26.0 Å². The number of rotatable bonds is 4. The molecule has 1 aliphatic rings. The Morgan fingerprint density at radius 3 is 2.74 bits per heavy atom. The van der Waals surface area contributed by atoms with Crippen molar-refractivity contribution >= 4 is 23.6 Å². The van der Waals surface area contributed by atoms with E-state index in [0.29, 0.717) is 23.6 Å². The molecule has 0 aliphatic carbocycles. The lowest BCUT2D eigenvalue weighted by atomic mass is 9.98. The van der Waals surface area contributed by atoms with Gasteiger partial charge in [0.15, 0.2) is 0 Å². The van der Waals surface area contributed by atoms with Crippen LogP contribution in [0, 0.1) is 13.8 Å². The molecule has 7 heteroatoms. The summed E-state index contributed by atoms with van der Waals surface area (Å²) in [4.78, 5) is 23.4. The number of nitrogens with zero attached hydrogens (tertiary/aromatic N) is 1. The first-order valence-corrected chi connectivity index (χ1v) is 7.14. The van der Waals surface area contributed by atoms with E-state index in [-0.39, 0.29) is 12.3 Å². The van der Waals surface area contributed by atoms with Crippen LogP contribution < -0.4 is 5.32 Å². The van der Waals surface area contributed by atoms with Gasteiger partial charge in [0.25, 0.3) is 0 Å². The number of carboxylic acid groups (broad SMARTS) is 1. The van der Waals surface area contributed by atoms with E-state index < -0.39 is 11.5 Å². The van der Waals surface area contributed by atoms with Crippen LogP contribution in [0.3, 0.4) is 0 Å². The van der Waals surface area contributed by atoms with Gasteiger partial charge >= 0.3 is 5.97 Å². The average Bonchev–Trinajstić information content (AvgIpc) is 2.92. The maximum absolute atomic E-state index is 12.0. The molecule has 1 aromatic rings. The van der Waals surface area contributed by atoms with Gasteiger partial charge in [-0.15, -0.1) is 0 Å². The minimum Gasteiger partial charge on any atom is -0.479 e. The Hall–Kier alpha value is -1.50. The average molecular weight is 284 g/mol. The fourth-order valence-corrected chi connectivity index (χ4v) is 3.44. The van der Waals surface area contributed by atoms with E-state index in [1.807, 2.05) is 0 Å². The molecule has 19 heavy (non-hydrogen) atoms. The molecule has 0 saturated carbocycles. The minimum atomic E-state index is -1.12. The Morgan fingerprint density at radius 2 is 2.26 bits per heavy atom. The van der Waals surface area contributed by atoms with E-state index in [0.717, 1.165) is 11.3 Å². The lowest BCUT2D eigenvalue weighted by molar-refractivity contribution is -0.146. The number of thioether (sulfide) groups is 1. The summed E-state index contributed by atoms with van der Waals surface area (Å²) in [6.45, 7) is 3.50. The Morgan fingerprint density at radius 1 is 1.53 bits per heavy atom. The number of aryl methyl sites for hydroxylation is 2. The van der Waals surface area contributed by atoms with Gasteiger partial charge in [-0.1, -0.05) is 5.16 Å². The van der Waals surface area contributed by atoms with Crippen LogP contribution in [0.15, 0.2) is 4.52 Å². The number of hydrogen-bond acceptors (Lipinski definition) is 5. The Bertz CT molecular complexity index is 486. The van der Waals surface area contributed by atoms with Crippen molar-refractivity contribution in [3.05, 3.63) is 17.0 Å². The summed E-state index contributed by atoms with van der Waals surface area (Å²) in [5.74, 6) is 0.481. The summed E-state index contributed by atoms with van der Waals surface area (Å²) in [6.07, 6.45) is 0.557. The summed E-state index contributed by atoms with van der Waals surface area (Å²) < 4.78 is 4.99. The predicted octanol–water partition coefficient (Wildman–Crippen LogP) is 0.910. The second-order valence-electron chi connectivity index (χ2n) is 4.72. The molecule has 1 amide bonds. The van der Waals surface area contributed by atoms with E-state index in [4.69, 9.17) is 4.52 Å². The SMILES string of the molecule is Cc1noc(C)c1CC(=O)N[C@]1(C(=O)O)CCSC1. The minimum absolute atomic E-state index is 0.0981. The summed E-state index contributed by atoms with van der Waals surface area (Å²) in [7, 11) is 0. The maximum atomic E-state index is 12.0. The van der Waals surface area contributed by atoms with Gasteiger partial charge in [-0.25, -0.2) is 4.79 Å². The van der Waals surface area contributed by atoms with E-state index >= 15 is 0 Å². The highest BCUT2D eigenvalue weighted by atomic mass is 32.2. The van der Waals surface area contributed by atoms with Gasteiger partial charge in [-0.3, -0.25) is 4.79 Å². The molecule has 0 unspecified atom stereocenters. The van der Waals surface area contributed by atoms with Crippen LogP contribution in [-0.2, 0) is 16.0 Å². The van der Waals surface area contributed by atoms with Gasteiger partial charge in [-0.2, -0.15) is 11.8 Å². The highest BCUT2D eigenvalue weighted by Crippen LogP contribution is 2.28. The van der Waals surface area contributed by atoms with Crippen molar-refractivity contribution in [2.24, 2.45) is 0 Å². The van der Waals surface area contributed by atoms with Gasteiger partial charge in [0.1, 0.15) is 11.3 Å². The molecule has 1 fully saturated rings. The molecule has 1 aromatic heterocycles. The molecule has 6 nitrogen and oxygen atoms in total. The second-order valence-corrected chi connectivity index (χ2v) is 5.82. The molecular formula is C12H16N2O4S. The zero-order chi connectivity index (χ0) is 14.0. The number of aliphatic carboxylic acids is 1. The second kappa shape index (κ2) is 5.24. The number of aromatic nitrogens is 1. The molecule has 0 aromatic carbocycles. The van der Waals surface area contributed by atoms with Crippen molar-refractivity contribution in [3.8, 4) is 0 Å². The lowest BCUT2D eigenvalue weighted by Crippen LogP contribution is -2.55. The molecule has 0 bridgehead atoms. The Balaban J connectivity index is 2.07. The van der Waals surface area contributed by atoms with Gasteiger partial charge < -0.3 is 14.9 Å². The Labute approximate surface area is 114 Å². The number of carbonyl (C=O) groups is 2. The van der Waals surface area contributed by atoms with Gasteiger partial charge in [0, 0.05) is 11.3 Å². The molecule has 2 heterocycles. The van der Waals surface area contributed by atoms with Crippen molar-refractivity contribution in [2.75, 3.05) is 11.5 Å². The van der Waals surface area contributed by atoms with Crippen molar-refractivity contribution in [1.29, 1.82) is 0 Å². The monoisotopic (exact) mass is 284 g/mol. The maximum Gasteiger partial charge on any atom is 0.330 e. The molecule has 2 N–H and O–H groups in total. The van der Waals surface area contributed by atoms with Crippen LogP contribution in [-0.4, -0.2) is 39.2 Å². The van der Waals surface area contributed by atoms with Crippen molar-refractivity contribution < 1.29 is 19.2 Å². The van der Waals surface area contributed by atoms with E-state index in [2.05, 4.69) is 10.5 Å². The summed E-state index contributed by atoms with van der Waals surface area (Å²) in [6, 6.07) is 0. The third-order valence-corrected chi connectivity index (χ3v) is 4.52. The molecule has 1 aliphatic heterocycles. The topological polar surface area (TPSA) is 92.4 Å². The zero-order valence-corrected chi connectivity index (χ0v) is 11.7. The molecule has 2 rings (SSSR count). The smallest absolute Gasteiger partial charge is 0.330 e. The number of carboxylic acids is 1. The highest BCUT2D eigenvalue weighted by molar-refractivity contribution is 7.99. The fourth-order valence-electron chi connectivity index (χ4n) is 2.11. The summed E-state index contributed by atoms with van der Waals surface area (Å²) >= 11 is 1.54. The van der Waals surface area contributed by atoms with Crippen molar-refractivity contribution in [2.45, 2.75) is 32.2 Å². The van der Waals surface area contributed by atoms with Crippen molar-refractivity contribution in [3.63, 3.8) is 0 Å².